The molecular weight excluding hydrogens is 338 g/mol. The molecule has 2 aromatic rings. The van der Waals surface area contributed by atoms with Gasteiger partial charge in [0.15, 0.2) is 5.65 Å². The number of carboxylic acids is 1. The number of aliphatic carboxylic acids is 1. The predicted molar refractivity (Wildman–Crippen MR) is 95.5 cm³/mol. The lowest BCUT2D eigenvalue weighted by atomic mass is 10.1. The largest absolute Gasteiger partial charge is 0.492 e. The van der Waals surface area contributed by atoms with Gasteiger partial charge >= 0.3 is 11.9 Å². The molecule has 0 aliphatic carbocycles. The Morgan fingerprint density at radius 2 is 1.96 bits per heavy atom. The van der Waals surface area contributed by atoms with Crippen LogP contribution in [0.1, 0.15) is 56.1 Å². The molecule has 0 saturated heterocycles. The summed E-state index contributed by atoms with van der Waals surface area (Å²) in [5.74, 6) is -1.43. The van der Waals surface area contributed by atoms with E-state index in [-0.39, 0.29) is 23.6 Å². The second-order valence-electron chi connectivity index (χ2n) is 5.80. The van der Waals surface area contributed by atoms with E-state index in [1.165, 1.54) is 0 Å². The Morgan fingerprint density at radius 1 is 1.19 bits per heavy atom. The molecule has 26 heavy (non-hydrogen) atoms. The van der Waals surface area contributed by atoms with E-state index in [4.69, 9.17) is 9.47 Å². The molecule has 0 atom stereocenters. The van der Waals surface area contributed by atoms with E-state index in [2.05, 4.69) is 17.0 Å². The third-order valence-corrected chi connectivity index (χ3v) is 3.87. The molecule has 1 N–H and O–H groups in total. The predicted octanol–water partition coefficient (Wildman–Crippen LogP) is 2.82. The minimum absolute atomic E-state index is 0.0664. The summed E-state index contributed by atoms with van der Waals surface area (Å²) < 4.78 is 12.5. The van der Waals surface area contributed by atoms with Crippen LogP contribution < -0.4 is 4.74 Å². The number of pyridine rings is 1. The van der Waals surface area contributed by atoms with E-state index in [0.29, 0.717) is 24.2 Å². The summed E-state index contributed by atoms with van der Waals surface area (Å²) in [6, 6.07) is 0. The molecular formula is C18H25N3O5. The Bertz CT molecular complexity index is 785. The highest BCUT2D eigenvalue weighted by Gasteiger charge is 2.26. The zero-order valence-corrected chi connectivity index (χ0v) is 15.4. The van der Waals surface area contributed by atoms with Crippen molar-refractivity contribution in [3.05, 3.63) is 17.5 Å². The van der Waals surface area contributed by atoms with Crippen LogP contribution in [-0.4, -0.2) is 45.0 Å². The summed E-state index contributed by atoms with van der Waals surface area (Å²) in [5, 5.41) is 14.2. The first-order valence-corrected chi connectivity index (χ1v) is 8.93. The molecule has 0 radical (unpaired) electrons. The van der Waals surface area contributed by atoms with Crippen molar-refractivity contribution in [2.45, 2.75) is 53.0 Å². The van der Waals surface area contributed by atoms with Crippen LogP contribution in [0.5, 0.6) is 5.75 Å². The number of hydrogen-bond donors (Lipinski definition) is 1. The van der Waals surface area contributed by atoms with E-state index in [1.54, 1.807) is 24.7 Å². The van der Waals surface area contributed by atoms with Gasteiger partial charge in [0.25, 0.3) is 0 Å². The van der Waals surface area contributed by atoms with Crippen LogP contribution >= 0.6 is 0 Å². The number of ether oxygens (including phenoxy) is 2. The van der Waals surface area contributed by atoms with Gasteiger partial charge in [-0.25, -0.2) is 14.5 Å². The maximum atomic E-state index is 12.4. The van der Waals surface area contributed by atoms with Gasteiger partial charge < -0.3 is 14.6 Å². The molecule has 0 fully saturated rings. The number of fused-ring (bicyclic) bond motifs is 1. The topological polar surface area (TPSA) is 104 Å². The van der Waals surface area contributed by atoms with E-state index in [1.807, 2.05) is 0 Å². The molecule has 0 saturated carbocycles. The van der Waals surface area contributed by atoms with E-state index in [9.17, 15) is 14.7 Å². The number of esters is 1. The highest BCUT2D eigenvalue weighted by atomic mass is 16.5. The average molecular weight is 363 g/mol. The van der Waals surface area contributed by atoms with Crippen molar-refractivity contribution in [2.75, 3.05) is 13.2 Å². The summed E-state index contributed by atoms with van der Waals surface area (Å²) in [5.41, 5.74) is 0.717. The van der Waals surface area contributed by atoms with Gasteiger partial charge in [0.05, 0.1) is 36.9 Å². The van der Waals surface area contributed by atoms with Crippen molar-refractivity contribution in [3.63, 3.8) is 0 Å². The average Bonchev–Trinajstić information content (AvgIpc) is 2.98. The van der Waals surface area contributed by atoms with Gasteiger partial charge in [0, 0.05) is 6.54 Å². The number of carboxylic acid groups (broad SMARTS) is 1. The van der Waals surface area contributed by atoms with E-state index in [0.717, 1.165) is 19.3 Å². The molecule has 2 aromatic heterocycles. The van der Waals surface area contributed by atoms with Crippen molar-refractivity contribution >= 4 is 23.0 Å². The summed E-state index contributed by atoms with van der Waals surface area (Å²) in [7, 11) is 0. The molecule has 8 heteroatoms. The molecule has 8 nitrogen and oxygen atoms in total. The third-order valence-electron chi connectivity index (χ3n) is 3.87. The minimum atomic E-state index is -1.08. The van der Waals surface area contributed by atoms with Crippen LogP contribution in [0.3, 0.4) is 0 Å². The molecule has 0 aliphatic rings. The minimum Gasteiger partial charge on any atom is -0.492 e. The summed E-state index contributed by atoms with van der Waals surface area (Å²) in [6.45, 7) is 6.76. The SMILES string of the molecule is CCCCCn1ncc2c(OCC)c(C(=O)OCC)c(CC(=O)O)nc21. The fraction of sp³-hybridized carbons (Fsp3) is 0.556. The van der Waals surface area contributed by atoms with Gasteiger partial charge in [-0.05, 0) is 20.3 Å². The van der Waals surface area contributed by atoms with Crippen LogP contribution in [0.15, 0.2) is 6.20 Å². The number of carbonyl (C=O) groups excluding carboxylic acids is 1. The number of aryl methyl sites for hydroxylation is 1. The Balaban J connectivity index is 2.63. The fourth-order valence-electron chi connectivity index (χ4n) is 2.76. The van der Waals surface area contributed by atoms with Gasteiger partial charge in [-0.15, -0.1) is 0 Å². The standard InChI is InChI=1S/C18H25N3O5/c1-4-7-8-9-21-17-12(11-19-21)16(25-5-2)15(18(24)26-6-3)13(20-17)10-14(22)23/h11H,4-10H2,1-3H3,(H,22,23). The highest BCUT2D eigenvalue weighted by molar-refractivity contribution is 6.01. The number of unbranched alkanes of at least 4 members (excludes halogenated alkanes) is 2. The summed E-state index contributed by atoms with van der Waals surface area (Å²) in [4.78, 5) is 28.2. The monoisotopic (exact) mass is 363 g/mol. The smallest absolute Gasteiger partial charge is 0.343 e. The van der Waals surface area contributed by atoms with Gasteiger partial charge in [-0.2, -0.15) is 5.10 Å². The van der Waals surface area contributed by atoms with Crippen molar-refractivity contribution in [2.24, 2.45) is 0 Å². The van der Waals surface area contributed by atoms with Crippen LogP contribution in [0, 0.1) is 0 Å². The number of rotatable bonds is 10. The Labute approximate surface area is 152 Å². The van der Waals surface area contributed by atoms with Gasteiger partial charge in [0.2, 0.25) is 0 Å². The Morgan fingerprint density at radius 3 is 2.58 bits per heavy atom. The lowest BCUT2D eigenvalue weighted by molar-refractivity contribution is -0.136. The van der Waals surface area contributed by atoms with Crippen molar-refractivity contribution < 1.29 is 24.2 Å². The molecule has 0 aliphatic heterocycles. The van der Waals surface area contributed by atoms with Crippen molar-refractivity contribution in [1.82, 2.24) is 14.8 Å². The zero-order valence-electron chi connectivity index (χ0n) is 15.4. The summed E-state index contributed by atoms with van der Waals surface area (Å²) in [6.07, 6.45) is 4.28. The van der Waals surface area contributed by atoms with Crippen LogP contribution in [0.4, 0.5) is 0 Å². The lowest BCUT2D eigenvalue weighted by Gasteiger charge is -2.14. The molecule has 0 amide bonds. The first-order valence-electron chi connectivity index (χ1n) is 8.93. The van der Waals surface area contributed by atoms with Crippen LogP contribution in [0.25, 0.3) is 11.0 Å². The van der Waals surface area contributed by atoms with Crippen molar-refractivity contribution in [3.8, 4) is 5.75 Å². The van der Waals surface area contributed by atoms with Crippen LogP contribution in [-0.2, 0) is 22.5 Å². The molecule has 0 bridgehead atoms. The third kappa shape index (κ3) is 4.30. The van der Waals surface area contributed by atoms with Crippen LogP contribution in [0.2, 0.25) is 0 Å². The second-order valence-corrected chi connectivity index (χ2v) is 5.80. The maximum absolute atomic E-state index is 12.4. The van der Waals surface area contributed by atoms with Crippen molar-refractivity contribution in [1.29, 1.82) is 0 Å². The normalized spacial score (nSPS) is 10.9. The summed E-state index contributed by atoms with van der Waals surface area (Å²) >= 11 is 0. The first kappa shape index (κ1) is 19.7. The quantitative estimate of drug-likeness (QED) is 0.511. The fourth-order valence-corrected chi connectivity index (χ4v) is 2.76. The molecule has 0 unspecified atom stereocenters. The Kier molecular flexibility index (Phi) is 6.94. The highest BCUT2D eigenvalue weighted by Crippen LogP contribution is 2.32. The molecule has 2 heterocycles. The van der Waals surface area contributed by atoms with Gasteiger partial charge in [-0.3, -0.25) is 4.79 Å². The van der Waals surface area contributed by atoms with Gasteiger partial charge in [-0.1, -0.05) is 19.8 Å². The van der Waals surface area contributed by atoms with E-state index >= 15 is 0 Å². The zero-order chi connectivity index (χ0) is 19.1. The first-order chi connectivity index (χ1) is 12.5. The number of carbonyl (C=O) groups is 2. The van der Waals surface area contributed by atoms with E-state index < -0.39 is 18.4 Å². The Hall–Kier alpha value is -2.64. The number of nitrogens with zero attached hydrogens (tertiary/aromatic N) is 3. The molecule has 0 spiro atoms. The maximum Gasteiger partial charge on any atom is 0.343 e. The second kappa shape index (κ2) is 9.17. The molecule has 142 valence electrons. The number of aromatic nitrogens is 3. The number of hydrogen-bond acceptors (Lipinski definition) is 6. The lowest BCUT2D eigenvalue weighted by Crippen LogP contribution is -2.16. The molecule has 2 rings (SSSR count). The molecule has 0 aromatic carbocycles. The van der Waals surface area contributed by atoms with Gasteiger partial charge in [0.1, 0.15) is 11.3 Å².